The highest BCUT2D eigenvalue weighted by molar-refractivity contribution is 7.80. The first-order chi connectivity index (χ1) is 12.7. The van der Waals surface area contributed by atoms with Crippen molar-refractivity contribution >= 4 is 12.6 Å². The molecule has 1 nitrogen and oxygen atoms in total. The summed E-state index contributed by atoms with van der Waals surface area (Å²) < 4.78 is 0. The maximum atomic E-state index is 10.3. The van der Waals surface area contributed by atoms with Crippen molar-refractivity contribution in [2.45, 2.75) is 4.90 Å². The van der Waals surface area contributed by atoms with Crippen molar-refractivity contribution in [1.82, 2.24) is 0 Å². The molecule has 1 N–H and O–H groups in total. The molecule has 0 spiro atoms. The van der Waals surface area contributed by atoms with Gasteiger partial charge in [-0.2, -0.15) is 0 Å². The molecule has 0 aliphatic carbocycles. The first-order valence-corrected chi connectivity index (χ1v) is 8.94. The van der Waals surface area contributed by atoms with E-state index in [2.05, 4.69) is 36.9 Å². The molecule has 0 fully saturated rings. The van der Waals surface area contributed by atoms with Crippen molar-refractivity contribution in [3.8, 4) is 39.1 Å². The monoisotopic (exact) mass is 354 g/mol. The quantitative estimate of drug-likeness (QED) is 0.393. The Morgan fingerprint density at radius 2 is 1.00 bits per heavy atom. The third kappa shape index (κ3) is 3.24. The number of hydrogen-bond donors (Lipinski definition) is 2. The van der Waals surface area contributed by atoms with Gasteiger partial charge in [0.15, 0.2) is 0 Å². The lowest BCUT2D eigenvalue weighted by Gasteiger charge is -2.11. The van der Waals surface area contributed by atoms with Crippen LogP contribution in [0.25, 0.3) is 33.4 Å². The Hall–Kier alpha value is -2.97. The number of benzene rings is 4. The number of hydrogen-bond acceptors (Lipinski definition) is 2. The fourth-order valence-corrected chi connectivity index (χ4v) is 3.40. The number of phenols is 1. The van der Waals surface area contributed by atoms with Gasteiger partial charge in [-0.3, -0.25) is 0 Å². The summed E-state index contributed by atoms with van der Waals surface area (Å²) in [5, 5.41) is 10.3. The molecule has 0 aliphatic heterocycles. The second kappa shape index (κ2) is 7.11. The first-order valence-electron chi connectivity index (χ1n) is 8.49. The van der Waals surface area contributed by atoms with E-state index in [1.54, 1.807) is 6.07 Å². The second-order valence-electron chi connectivity index (χ2n) is 6.20. The van der Waals surface area contributed by atoms with Crippen molar-refractivity contribution < 1.29 is 5.11 Å². The van der Waals surface area contributed by atoms with E-state index in [1.807, 2.05) is 66.7 Å². The minimum atomic E-state index is 0.286. The van der Waals surface area contributed by atoms with Crippen molar-refractivity contribution in [1.29, 1.82) is 0 Å². The summed E-state index contributed by atoms with van der Waals surface area (Å²) in [5.41, 5.74) is 6.23. The van der Waals surface area contributed by atoms with E-state index in [0.29, 0.717) is 0 Å². The van der Waals surface area contributed by atoms with E-state index < -0.39 is 0 Å². The summed E-state index contributed by atoms with van der Waals surface area (Å²) in [5.74, 6) is 0.286. The summed E-state index contributed by atoms with van der Waals surface area (Å²) in [6.07, 6.45) is 0. The highest BCUT2D eigenvalue weighted by Gasteiger charge is 2.09. The molecule has 0 aliphatic rings. The number of aromatic hydroxyl groups is 1. The van der Waals surface area contributed by atoms with Gasteiger partial charge in [-0.1, -0.05) is 72.8 Å². The molecule has 4 rings (SSSR count). The minimum Gasteiger partial charge on any atom is -0.507 e. The van der Waals surface area contributed by atoms with E-state index in [0.717, 1.165) is 38.3 Å². The van der Waals surface area contributed by atoms with E-state index >= 15 is 0 Å². The molecular weight excluding hydrogens is 336 g/mol. The Morgan fingerprint density at radius 3 is 1.62 bits per heavy atom. The van der Waals surface area contributed by atoms with E-state index in [1.165, 1.54) is 0 Å². The lowest BCUT2D eigenvalue weighted by Crippen LogP contribution is -1.86. The lowest BCUT2D eigenvalue weighted by atomic mass is 9.95. The van der Waals surface area contributed by atoms with Crippen LogP contribution in [0.2, 0.25) is 0 Å². The van der Waals surface area contributed by atoms with Crippen molar-refractivity contribution in [2.24, 2.45) is 0 Å². The molecule has 0 amide bonds. The van der Waals surface area contributed by atoms with Gasteiger partial charge >= 0.3 is 0 Å². The third-order valence-electron chi connectivity index (χ3n) is 4.50. The Morgan fingerprint density at radius 1 is 0.500 bits per heavy atom. The van der Waals surface area contributed by atoms with Crippen LogP contribution in [0.3, 0.4) is 0 Å². The number of rotatable bonds is 3. The zero-order valence-corrected chi connectivity index (χ0v) is 15.0. The van der Waals surface area contributed by atoms with Gasteiger partial charge in [-0.05, 0) is 52.1 Å². The molecule has 0 unspecified atom stereocenters. The maximum Gasteiger partial charge on any atom is 0.123 e. The Balaban J connectivity index is 1.82. The molecule has 4 aromatic rings. The molecule has 0 heterocycles. The molecule has 2 heteroatoms. The average molecular weight is 354 g/mol. The molecule has 0 aromatic heterocycles. The van der Waals surface area contributed by atoms with Crippen LogP contribution in [0.1, 0.15) is 0 Å². The Bertz CT molecular complexity index is 953. The van der Waals surface area contributed by atoms with Crippen molar-refractivity contribution in [3.05, 3.63) is 97.1 Å². The normalized spacial score (nSPS) is 10.7. The van der Waals surface area contributed by atoms with Gasteiger partial charge in [0.05, 0.1) is 0 Å². The highest BCUT2D eigenvalue weighted by Crippen LogP contribution is 2.36. The lowest BCUT2D eigenvalue weighted by molar-refractivity contribution is 0.477. The van der Waals surface area contributed by atoms with Crippen LogP contribution >= 0.6 is 12.6 Å². The highest BCUT2D eigenvalue weighted by atomic mass is 32.1. The Kier molecular flexibility index (Phi) is 4.51. The second-order valence-corrected chi connectivity index (χ2v) is 6.68. The van der Waals surface area contributed by atoms with Crippen LogP contribution < -0.4 is 0 Å². The van der Waals surface area contributed by atoms with Gasteiger partial charge in [0.25, 0.3) is 0 Å². The summed E-state index contributed by atoms with van der Waals surface area (Å²) in [6, 6.07) is 32.2. The molecule has 0 bridgehead atoms. The molecule has 0 radical (unpaired) electrons. The van der Waals surface area contributed by atoms with E-state index in [-0.39, 0.29) is 5.75 Å². The number of phenolic OH excluding ortho intramolecular Hbond substituents is 1. The summed E-state index contributed by atoms with van der Waals surface area (Å²) in [6.45, 7) is 0. The largest absolute Gasteiger partial charge is 0.507 e. The van der Waals surface area contributed by atoms with Gasteiger partial charge in [-0.15, -0.1) is 12.6 Å². The summed E-state index contributed by atoms with van der Waals surface area (Å²) in [4.78, 5) is 0.946. The first kappa shape index (κ1) is 16.5. The van der Waals surface area contributed by atoms with Crippen LogP contribution in [-0.2, 0) is 0 Å². The predicted octanol–water partition coefficient (Wildman–Crippen LogP) is 6.68. The molecule has 4 aromatic carbocycles. The predicted molar refractivity (Wildman–Crippen MR) is 112 cm³/mol. The minimum absolute atomic E-state index is 0.286. The molecular formula is C24H18OS. The smallest absolute Gasteiger partial charge is 0.123 e. The van der Waals surface area contributed by atoms with Gasteiger partial charge in [0, 0.05) is 10.5 Å². The van der Waals surface area contributed by atoms with E-state index in [9.17, 15) is 5.11 Å². The maximum absolute atomic E-state index is 10.3. The molecule has 0 saturated heterocycles. The fourth-order valence-electron chi connectivity index (χ4n) is 3.13. The van der Waals surface area contributed by atoms with Gasteiger partial charge in [-0.25, -0.2) is 0 Å². The topological polar surface area (TPSA) is 20.2 Å². The zero-order chi connectivity index (χ0) is 17.9. The molecule has 0 saturated carbocycles. The van der Waals surface area contributed by atoms with Crippen LogP contribution in [0.5, 0.6) is 5.75 Å². The van der Waals surface area contributed by atoms with Gasteiger partial charge < -0.3 is 5.11 Å². The summed E-state index contributed by atoms with van der Waals surface area (Å²) >= 11 is 4.62. The van der Waals surface area contributed by atoms with Gasteiger partial charge in [0.1, 0.15) is 5.75 Å². The molecule has 26 heavy (non-hydrogen) atoms. The molecule has 126 valence electrons. The van der Waals surface area contributed by atoms with Crippen molar-refractivity contribution in [2.75, 3.05) is 0 Å². The SMILES string of the molecule is Oc1ccc(-c2ccc(S)c(-c3ccccc3)c2)cc1-c1ccccc1. The van der Waals surface area contributed by atoms with Crippen LogP contribution in [0.15, 0.2) is 102 Å². The standard InChI is InChI=1S/C24H18OS/c25-23-13-11-19(15-21(23)17-7-3-1-4-8-17)20-12-14-24(26)22(16-20)18-9-5-2-6-10-18/h1-16,25-26H. The van der Waals surface area contributed by atoms with Crippen LogP contribution in [0, 0.1) is 0 Å². The molecule has 0 atom stereocenters. The fraction of sp³-hybridized carbons (Fsp3) is 0. The average Bonchev–Trinajstić information content (AvgIpc) is 2.70. The Labute approximate surface area is 159 Å². The van der Waals surface area contributed by atoms with E-state index in [4.69, 9.17) is 0 Å². The van der Waals surface area contributed by atoms with Gasteiger partial charge in [0.2, 0.25) is 0 Å². The number of thiol groups is 1. The third-order valence-corrected chi connectivity index (χ3v) is 4.89. The zero-order valence-electron chi connectivity index (χ0n) is 14.1. The van der Waals surface area contributed by atoms with Crippen LogP contribution in [-0.4, -0.2) is 5.11 Å². The summed E-state index contributed by atoms with van der Waals surface area (Å²) in [7, 11) is 0. The van der Waals surface area contributed by atoms with Crippen LogP contribution in [0.4, 0.5) is 0 Å². The van der Waals surface area contributed by atoms with Crippen molar-refractivity contribution in [3.63, 3.8) is 0 Å².